The molecule has 2 aromatic carbocycles. The number of nitrogens with zero attached hydrogens (tertiary/aromatic N) is 3. The monoisotopic (exact) mass is 309 g/mol. The summed E-state index contributed by atoms with van der Waals surface area (Å²) in [6, 6.07) is 14.2. The standard InChI is InChI=1S/C17H19N5O/c23-17(18-8-3-10-22-11-9-20-21-22)19-13-14-6-7-15-4-1-2-5-16(15)12-14/h1-2,4-7,9,11-12H,3,8,10,13H2,(H2,18,19,23). The van der Waals surface area contributed by atoms with Gasteiger partial charge in [0.2, 0.25) is 0 Å². The van der Waals surface area contributed by atoms with Gasteiger partial charge in [0.05, 0.1) is 6.20 Å². The molecule has 0 spiro atoms. The molecule has 0 saturated carbocycles. The van der Waals surface area contributed by atoms with Crippen LogP contribution in [0.5, 0.6) is 0 Å². The van der Waals surface area contributed by atoms with Crippen molar-refractivity contribution in [3.8, 4) is 0 Å². The molecular weight excluding hydrogens is 290 g/mol. The second-order valence-electron chi connectivity index (χ2n) is 5.31. The van der Waals surface area contributed by atoms with Crippen molar-refractivity contribution in [3.63, 3.8) is 0 Å². The molecule has 0 saturated heterocycles. The maximum absolute atomic E-state index is 11.8. The molecule has 3 aromatic rings. The fraction of sp³-hybridized carbons (Fsp3) is 0.235. The zero-order valence-corrected chi connectivity index (χ0v) is 12.8. The van der Waals surface area contributed by atoms with Crippen molar-refractivity contribution in [1.29, 1.82) is 0 Å². The van der Waals surface area contributed by atoms with E-state index >= 15 is 0 Å². The lowest BCUT2D eigenvalue weighted by atomic mass is 10.1. The Bertz CT molecular complexity index is 770. The lowest BCUT2D eigenvalue weighted by molar-refractivity contribution is 0.240. The third-order valence-electron chi connectivity index (χ3n) is 3.59. The number of rotatable bonds is 6. The van der Waals surface area contributed by atoms with Crippen LogP contribution in [0.25, 0.3) is 10.8 Å². The summed E-state index contributed by atoms with van der Waals surface area (Å²) in [5, 5.41) is 15.7. The molecule has 6 heteroatoms. The predicted molar refractivity (Wildman–Crippen MR) is 88.8 cm³/mol. The molecule has 0 unspecified atom stereocenters. The first-order chi connectivity index (χ1) is 11.3. The van der Waals surface area contributed by atoms with E-state index in [1.54, 1.807) is 17.1 Å². The Balaban J connectivity index is 1.41. The number of urea groups is 1. The average Bonchev–Trinajstić information content (AvgIpc) is 3.10. The first kappa shape index (κ1) is 15.0. The lowest BCUT2D eigenvalue weighted by Crippen LogP contribution is -2.35. The second-order valence-corrected chi connectivity index (χ2v) is 5.31. The molecule has 1 aromatic heterocycles. The SMILES string of the molecule is O=C(NCCCn1ccnn1)NCc1ccc2ccccc2c1. The Kier molecular flexibility index (Phi) is 4.83. The van der Waals surface area contributed by atoms with Gasteiger partial charge in [-0.05, 0) is 28.8 Å². The summed E-state index contributed by atoms with van der Waals surface area (Å²) in [6.45, 7) is 1.86. The number of carbonyl (C=O) groups is 1. The molecule has 23 heavy (non-hydrogen) atoms. The number of aryl methyl sites for hydroxylation is 1. The van der Waals surface area contributed by atoms with Crippen molar-refractivity contribution in [2.24, 2.45) is 0 Å². The topological polar surface area (TPSA) is 71.8 Å². The maximum atomic E-state index is 11.8. The summed E-state index contributed by atoms with van der Waals surface area (Å²) in [4.78, 5) is 11.8. The minimum atomic E-state index is -0.156. The molecule has 6 nitrogen and oxygen atoms in total. The largest absolute Gasteiger partial charge is 0.338 e. The molecule has 118 valence electrons. The molecule has 0 aliphatic carbocycles. The number of carbonyl (C=O) groups excluding carboxylic acids is 1. The van der Waals surface area contributed by atoms with Crippen molar-refractivity contribution in [3.05, 3.63) is 60.4 Å². The summed E-state index contributed by atoms with van der Waals surface area (Å²) in [6.07, 6.45) is 4.26. The van der Waals surface area contributed by atoms with Crippen LogP contribution in [-0.2, 0) is 13.1 Å². The van der Waals surface area contributed by atoms with Gasteiger partial charge in [0, 0.05) is 25.8 Å². The van der Waals surface area contributed by atoms with E-state index in [2.05, 4.69) is 45.2 Å². The maximum Gasteiger partial charge on any atom is 0.315 e. The number of hydrogen-bond donors (Lipinski definition) is 2. The molecular formula is C17H19N5O. The zero-order valence-electron chi connectivity index (χ0n) is 12.8. The van der Waals surface area contributed by atoms with E-state index in [9.17, 15) is 4.79 Å². The molecule has 0 bridgehead atoms. The third kappa shape index (κ3) is 4.29. The van der Waals surface area contributed by atoms with Gasteiger partial charge in [-0.25, -0.2) is 4.79 Å². The quantitative estimate of drug-likeness (QED) is 0.686. The highest BCUT2D eigenvalue weighted by Crippen LogP contribution is 2.15. The van der Waals surface area contributed by atoms with Crippen molar-refractivity contribution < 1.29 is 4.79 Å². The van der Waals surface area contributed by atoms with Crippen LogP contribution in [-0.4, -0.2) is 27.6 Å². The number of hydrogen-bond acceptors (Lipinski definition) is 3. The van der Waals surface area contributed by atoms with E-state index in [0.29, 0.717) is 13.1 Å². The van der Waals surface area contributed by atoms with E-state index in [4.69, 9.17) is 0 Å². The smallest absolute Gasteiger partial charge is 0.315 e. The third-order valence-corrected chi connectivity index (χ3v) is 3.59. The Hall–Kier alpha value is -2.89. The predicted octanol–water partition coefficient (Wildman–Crippen LogP) is 2.32. The summed E-state index contributed by atoms with van der Waals surface area (Å²) in [7, 11) is 0. The molecule has 2 N–H and O–H groups in total. The fourth-order valence-corrected chi connectivity index (χ4v) is 2.39. The van der Waals surface area contributed by atoms with E-state index in [1.165, 1.54) is 10.8 Å². The van der Waals surface area contributed by atoms with E-state index < -0.39 is 0 Å². The zero-order chi connectivity index (χ0) is 15.9. The summed E-state index contributed by atoms with van der Waals surface area (Å²) in [5.74, 6) is 0. The number of fused-ring (bicyclic) bond motifs is 1. The van der Waals surface area contributed by atoms with Gasteiger partial charge >= 0.3 is 6.03 Å². The molecule has 0 aliphatic rings. The first-order valence-electron chi connectivity index (χ1n) is 7.65. The molecule has 3 rings (SSSR count). The first-order valence-corrected chi connectivity index (χ1v) is 7.65. The van der Waals surface area contributed by atoms with Gasteiger partial charge in [-0.2, -0.15) is 0 Å². The van der Waals surface area contributed by atoms with Crippen LogP contribution >= 0.6 is 0 Å². The number of nitrogens with one attached hydrogen (secondary N) is 2. The van der Waals surface area contributed by atoms with E-state index in [1.807, 2.05) is 18.2 Å². The highest BCUT2D eigenvalue weighted by Gasteiger charge is 2.01. The van der Waals surface area contributed by atoms with Crippen LogP contribution in [0.15, 0.2) is 54.9 Å². The van der Waals surface area contributed by atoms with Gasteiger partial charge < -0.3 is 10.6 Å². The van der Waals surface area contributed by atoms with Crippen molar-refractivity contribution in [1.82, 2.24) is 25.6 Å². The molecule has 0 atom stereocenters. The van der Waals surface area contributed by atoms with Crippen LogP contribution in [0.3, 0.4) is 0 Å². The molecule has 1 heterocycles. The Morgan fingerprint density at radius 1 is 1.09 bits per heavy atom. The van der Waals surface area contributed by atoms with Crippen molar-refractivity contribution in [2.75, 3.05) is 6.54 Å². The van der Waals surface area contributed by atoms with Gasteiger partial charge in [0.15, 0.2) is 0 Å². The van der Waals surface area contributed by atoms with Gasteiger partial charge in [0.25, 0.3) is 0 Å². The average molecular weight is 309 g/mol. The van der Waals surface area contributed by atoms with Crippen LogP contribution in [0, 0.1) is 0 Å². The summed E-state index contributed by atoms with van der Waals surface area (Å²) < 4.78 is 1.74. The van der Waals surface area contributed by atoms with Crippen LogP contribution in [0.4, 0.5) is 4.79 Å². The normalized spacial score (nSPS) is 10.6. The van der Waals surface area contributed by atoms with Crippen molar-refractivity contribution >= 4 is 16.8 Å². The molecule has 0 aliphatic heterocycles. The second kappa shape index (κ2) is 7.40. The van der Waals surface area contributed by atoms with E-state index in [0.717, 1.165) is 18.5 Å². The van der Waals surface area contributed by atoms with Gasteiger partial charge in [-0.1, -0.05) is 41.6 Å². The van der Waals surface area contributed by atoms with E-state index in [-0.39, 0.29) is 6.03 Å². The number of benzene rings is 2. The minimum absolute atomic E-state index is 0.156. The number of aromatic nitrogens is 3. The summed E-state index contributed by atoms with van der Waals surface area (Å²) >= 11 is 0. The minimum Gasteiger partial charge on any atom is -0.338 e. The lowest BCUT2D eigenvalue weighted by Gasteiger charge is -2.08. The Morgan fingerprint density at radius 3 is 2.78 bits per heavy atom. The van der Waals surface area contributed by atoms with Gasteiger partial charge in [-0.15, -0.1) is 5.10 Å². The van der Waals surface area contributed by atoms with Crippen LogP contribution in [0.2, 0.25) is 0 Å². The number of amides is 2. The molecule has 0 radical (unpaired) electrons. The van der Waals surface area contributed by atoms with Gasteiger partial charge in [-0.3, -0.25) is 4.68 Å². The Morgan fingerprint density at radius 2 is 1.96 bits per heavy atom. The Labute approximate surface area is 134 Å². The summed E-state index contributed by atoms with van der Waals surface area (Å²) in [5.41, 5.74) is 1.08. The highest BCUT2D eigenvalue weighted by molar-refractivity contribution is 5.83. The van der Waals surface area contributed by atoms with Crippen LogP contribution in [0.1, 0.15) is 12.0 Å². The molecule has 0 fully saturated rings. The molecule has 2 amide bonds. The van der Waals surface area contributed by atoms with Gasteiger partial charge in [0.1, 0.15) is 0 Å². The highest BCUT2D eigenvalue weighted by atomic mass is 16.2. The fourth-order valence-electron chi connectivity index (χ4n) is 2.39. The van der Waals surface area contributed by atoms with Crippen LogP contribution < -0.4 is 10.6 Å². The van der Waals surface area contributed by atoms with Crippen molar-refractivity contribution in [2.45, 2.75) is 19.5 Å².